The predicted molar refractivity (Wildman–Crippen MR) is 46.1 cm³/mol. The molecule has 0 saturated heterocycles. The van der Waals surface area contributed by atoms with Crippen LogP contribution in [0.25, 0.3) is 0 Å². The molecule has 0 aliphatic heterocycles. The number of nitrogens with one attached hydrogen (secondary N) is 1. The van der Waals surface area contributed by atoms with Crippen LogP contribution in [0, 0.1) is 0 Å². The third-order valence-corrected chi connectivity index (χ3v) is 1.25. The van der Waals surface area contributed by atoms with Gasteiger partial charge in [-0.1, -0.05) is 0 Å². The van der Waals surface area contributed by atoms with Crippen molar-refractivity contribution < 1.29 is 19.1 Å². The highest BCUT2D eigenvalue weighted by molar-refractivity contribution is 6.32. The molecule has 0 aromatic heterocycles. The van der Waals surface area contributed by atoms with Crippen molar-refractivity contribution in [3.05, 3.63) is 0 Å². The molecule has 0 saturated carbocycles. The Balaban J connectivity index is 3.78. The fraction of sp³-hybridized carbons (Fsp3) is 0.750. The van der Waals surface area contributed by atoms with Crippen molar-refractivity contribution in [1.29, 1.82) is 0 Å². The normalized spacial score (nSPS) is 11.9. The van der Waals surface area contributed by atoms with Crippen LogP contribution in [0.4, 0.5) is 0 Å². The summed E-state index contributed by atoms with van der Waals surface area (Å²) in [6, 6.07) is -0.193. The number of ether oxygens (including phenoxy) is 2. The first-order chi connectivity index (χ1) is 6.11. The maximum absolute atomic E-state index is 11.0. The quantitative estimate of drug-likeness (QED) is 0.487. The topological polar surface area (TPSA) is 64.6 Å². The Bertz CT molecular complexity index is 181. The average Bonchev–Trinajstić information content (AvgIpc) is 2.05. The fourth-order valence-electron chi connectivity index (χ4n) is 0.771. The molecule has 1 atom stereocenters. The molecule has 0 aromatic carbocycles. The Hall–Kier alpha value is -1.10. The highest BCUT2D eigenvalue weighted by Crippen LogP contribution is 1.84. The van der Waals surface area contributed by atoms with Crippen LogP contribution in [0.5, 0.6) is 0 Å². The Morgan fingerprint density at radius 1 is 1.46 bits per heavy atom. The van der Waals surface area contributed by atoms with E-state index in [0.29, 0.717) is 6.61 Å². The summed E-state index contributed by atoms with van der Waals surface area (Å²) in [5.74, 6) is -1.59. The summed E-state index contributed by atoms with van der Waals surface area (Å²) in [6.45, 7) is 3.94. The number of amides is 1. The zero-order valence-corrected chi connectivity index (χ0v) is 8.12. The summed E-state index contributed by atoms with van der Waals surface area (Å²) in [5, 5.41) is 2.43. The fourth-order valence-corrected chi connectivity index (χ4v) is 0.771. The standard InChI is InChI=1S/C8H15NO4/c1-4-13-8(11)7(10)9-6(2)5-12-3/h6H,4-5H2,1-3H3,(H,9,10)/t6-/m1/s1. The SMILES string of the molecule is CCOC(=O)C(=O)N[C@H](C)COC. The number of hydrogen-bond donors (Lipinski definition) is 1. The molecule has 1 N–H and O–H groups in total. The average molecular weight is 189 g/mol. The maximum Gasteiger partial charge on any atom is 0.396 e. The summed E-state index contributed by atoms with van der Waals surface area (Å²) in [7, 11) is 1.52. The summed E-state index contributed by atoms with van der Waals surface area (Å²) in [4.78, 5) is 21.8. The second-order valence-electron chi connectivity index (χ2n) is 2.55. The molecule has 0 bridgehead atoms. The van der Waals surface area contributed by atoms with E-state index in [1.165, 1.54) is 7.11 Å². The first-order valence-electron chi connectivity index (χ1n) is 4.08. The third-order valence-electron chi connectivity index (χ3n) is 1.25. The Morgan fingerprint density at radius 2 is 2.08 bits per heavy atom. The lowest BCUT2D eigenvalue weighted by atomic mass is 10.3. The lowest BCUT2D eigenvalue weighted by molar-refractivity contribution is -0.154. The second kappa shape index (κ2) is 6.42. The first-order valence-corrected chi connectivity index (χ1v) is 4.08. The second-order valence-corrected chi connectivity index (χ2v) is 2.55. The van der Waals surface area contributed by atoms with E-state index in [2.05, 4.69) is 10.1 Å². The van der Waals surface area contributed by atoms with Crippen molar-refractivity contribution in [3.63, 3.8) is 0 Å². The van der Waals surface area contributed by atoms with E-state index >= 15 is 0 Å². The van der Waals surface area contributed by atoms with Crippen LogP contribution in [0.1, 0.15) is 13.8 Å². The van der Waals surface area contributed by atoms with Gasteiger partial charge in [-0.05, 0) is 13.8 Å². The van der Waals surface area contributed by atoms with Gasteiger partial charge in [-0.2, -0.15) is 0 Å². The molecule has 13 heavy (non-hydrogen) atoms. The zero-order valence-electron chi connectivity index (χ0n) is 8.12. The molecule has 0 fully saturated rings. The van der Waals surface area contributed by atoms with Crippen molar-refractivity contribution >= 4 is 11.9 Å². The van der Waals surface area contributed by atoms with Gasteiger partial charge >= 0.3 is 11.9 Å². The highest BCUT2D eigenvalue weighted by atomic mass is 16.5. The molecule has 1 amide bonds. The van der Waals surface area contributed by atoms with E-state index in [-0.39, 0.29) is 12.6 Å². The molecular weight excluding hydrogens is 174 g/mol. The molecule has 5 heteroatoms. The van der Waals surface area contributed by atoms with Gasteiger partial charge in [0.2, 0.25) is 0 Å². The molecule has 0 unspecified atom stereocenters. The van der Waals surface area contributed by atoms with Crippen LogP contribution in [-0.4, -0.2) is 38.2 Å². The van der Waals surface area contributed by atoms with E-state index < -0.39 is 11.9 Å². The van der Waals surface area contributed by atoms with Crippen LogP contribution in [-0.2, 0) is 19.1 Å². The maximum atomic E-state index is 11.0. The van der Waals surface area contributed by atoms with Gasteiger partial charge in [0.05, 0.1) is 13.2 Å². The molecule has 0 aromatic rings. The van der Waals surface area contributed by atoms with Gasteiger partial charge in [-0.15, -0.1) is 0 Å². The molecule has 0 spiro atoms. The van der Waals surface area contributed by atoms with Crippen molar-refractivity contribution in [2.45, 2.75) is 19.9 Å². The lowest BCUT2D eigenvalue weighted by Gasteiger charge is -2.11. The molecule has 0 heterocycles. The van der Waals surface area contributed by atoms with Crippen molar-refractivity contribution in [1.82, 2.24) is 5.32 Å². The van der Waals surface area contributed by atoms with Gasteiger partial charge in [0.1, 0.15) is 0 Å². The number of carbonyl (C=O) groups is 2. The molecule has 0 aliphatic carbocycles. The molecule has 0 radical (unpaired) electrons. The predicted octanol–water partition coefficient (Wildman–Crippen LogP) is -0.299. The Kier molecular flexibility index (Phi) is 5.88. The highest BCUT2D eigenvalue weighted by Gasteiger charge is 2.16. The van der Waals surface area contributed by atoms with Crippen LogP contribution >= 0.6 is 0 Å². The third kappa shape index (κ3) is 5.19. The number of carbonyl (C=O) groups excluding carboxylic acids is 2. The van der Waals surface area contributed by atoms with E-state index in [9.17, 15) is 9.59 Å². The molecule has 0 rings (SSSR count). The van der Waals surface area contributed by atoms with Crippen LogP contribution in [0.3, 0.4) is 0 Å². The minimum atomic E-state index is -0.856. The number of esters is 1. The smallest absolute Gasteiger partial charge is 0.396 e. The summed E-state index contributed by atoms with van der Waals surface area (Å²) in [6.07, 6.45) is 0. The number of rotatable bonds is 4. The first kappa shape index (κ1) is 11.9. The molecule has 0 aliphatic rings. The van der Waals surface area contributed by atoms with Gasteiger partial charge in [0.15, 0.2) is 0 Å². The van der Waals surface area contributed by atoms with E-state index in [1.807, 2.05) is 0 Å². The van der Waals surface area contributed by atoms with Crippen LogP contribution < -0.4 is 5.32 Å². The number of methoxy groups -OCH3 is 1. The largest absolute Gasteiger partial charge is 0.459 e. The van der Waals surface area contributed by atoms with Crippen molar-refractivity contribution in [2.24, 2.45) is 0 Å². The minimum Gasteiger partial charge on any atom is -0.459 e. The lowest BCUT2D eigenvalue weighted by Crippen LogP contribution is -2.40. The van der Waals surface area contributed by atoms with Gasteiger partial charge in [-0.3, -0.25) is 4.79 Å². The summed E-state index contributed by atoms with van der Waals surface area (Å²) >= 11 is 0. The monoisotopic (exact) mass is 189 g/mol. The molecule has 5 nitrogen and oxygen atoms in total. The van der Waals surface area contributed by atoms with Gasteiger partial charge in [0, 0.05) is 13.2 Å². The van der Waals surface area contributed by atoms with Gasteiger partial charge in [-0.25, -0.2) is 4.79 Å². The molecule has 76 valence electrons. The summed E-state index contributed by atoms with van der Waals surface area (Å²) in [5.41, 5.74) is 0. The Labute approximate surface area is 77.4 Å². The Morgan fingerprint density at radius 3 is 2.54 bits per heavy atom. The molecular formula is C8H15NO4. The van der Waals surface area contributed by atoms with E-state index in [1.54, 1.807) is 13.8 Å². The number of hydrogen-bond acceptors (Lipinski definition) is 4. The minimum absolute atomic E-state index is 0.193. The van der Waals surface area contributed by atoms with Crippen molar-refractivity contribution in [3.8, 4) is 0 Å². The van der Waals surface area contributed by atoms with Crippen LogP contribution in [0.15, 0.2) is 0 Å². The van der Waals surface area contributed by atoms with Crippen molar-refractivity contribution in [2.75, 3.05) is 20.3 Å². The van der Waals surface area contributed by atoms with Gasteiger partial charge in [0.25, 0.3) is 0 Å². The van der Waals surface area contributed by atoms with E-state index in [0.717, 1.165) is 0 Å². The summed E-state index contributed by atoms with van der Waals surface area (Å²) < 4.78 is 9.27. The van der Waals surface area contributed by atoms with E-state index in [4.69, 9.17) is 4.74 Å². The van der Waals surface area contributed by atoms with Crippen LogP contribution in [0.2, 0.25) is 0 Å². The van der Waals surface area contributed by atoms with Gasteiger partial charge < -0.3 is 14.8 Å². The zero-order chi connectivity index (χ0) is 10.3.